The van der Waals surface area contributed by atoms with E-state index in [9.17, 15) is 0 Å². The van der Waals surface area contributed by atoms with Gasteiger partial charge in [0, 0.05) is 24.1 Å². The minimum atomic E-state index is 0.843. The van der Waals surface area contributed by atoms with E-state index in [4.69, 9.17) is 0 Å². The van der Waals surface area contributed by atoms with Crippen LogP contribution >= 0.6 is 15.9 Å². The zero-order chi connectivity index (χ0) is 14.4. The first kappa shape index (κ1) is 15.0. The second-order valence-electron chi connectivity index (χ2n) is 4.84. The Balaban J connectivity index is 1.95. The van der Waals surface area contributed by atoms with E-state index in [1.807, 2.05) is 12.1 Å². The van der Waals surface area contributed by atoms with Crippen LogP contribution in [0.15, 0.2) is 46.9 Å². The fourth-order valence-corrected chi connectivity index (χ4v) is 2.35. The molecule has 3 nitrogen and oxygen atoms in total. The van der Waals surface area contributed by atoms with Crippen LogP contribution in [0.1, 0.15) is 18.2 Å². The highest BCUT2D eigenvalue weighted by Gasteiger charge is 2.04. The van der Waals surface area contributed by atoms with Crippen LogP contribution < -0.4 is 5.32 Å². The average molecular weight is 334 g/mol. The predicted octanol–water partition coefficient (Wildman–Crippen LogP) is 3.91. The van der Waals surface area contributed by atoms with Gasteiger partial charge < -0.3 is 5.32 Å². The summed E-state index contributed by atoms with van der Waals surface area (Å²) >= 11 is 3.46. The van der Waals surface area contributed by atoms with E-state index in [1.165, 1.54) is 5.56 Å². The number of pyridine rings is 1. The summed E-state index contributed by atoms with van der Waals surface area (Å²) in [4.78, 5) is 6.86. The van der Waals surface area contributed by atoms with Crippen LogP contribution in [0.2, 0.25) is 0 Å². The van der Waals surface area contributed by atoms with Crippen molar-refractivity contribution in [1.29, 1.82) is 0 Å². The highest BCUT2D eigenvalue weighted by molar-refractivity contribution is 9.10. The Bertz CT molecular complexity index is 540. The molecule has 0 saturated carbocycles. The number of rotatable bonds is 6. The number of aromatic nitrogens is 1. The van der Waals surface area contributed by atoms with Crippen LogP contribution in [0.5, 0.6) is 0 Å². The zero-order valence-corrected chi connectivity index (χ0v) is 13.5. The largest absolute Gasteiger partial charge is 0.370 e. The smallest absolute Gasteiger partial charge is 0.126 e. The van der Waals surface area contributed by atoms with Gasteiger partial charge in [-0.05, 0) is 43.8 Å². The van der Waals surface area contributed by atoms with Gasteiger partial charge in [-0.3, -0.25) is 4.90 Å². The van der Waals surface area contributed by atoms with Crippen molar-refractivity contribution in [2.45, 2.75) is 20.0 Å². The molecule has 0 unspecified atom stereocenters. The molecule has 0 saturated heterocycles. The van der Waals surface area contributed by atoms with Gasteiger partial charge in [0.2, 0.25) is 0 Å². The van der Waals surface area contributed by atoms with E-state index < -0.39 is 0 Å². The molecule has 106 valence electrons. The monoisotopic (exact) mass is 333 g/mol. The molecule has 0 radical (unpaired) electrons. The Hall–Kier alpha value is -1.39. The molecule has 0 aliphatic carbocycles. The second-order valence-corrected chi connectivity index (χ2v) is 5.76. The molecule has 1 aromatic heterocycles. The topological polar surface area (TPSA) is 28.2 Å². The summed E-state index contributed by atoms with van der Waals surface area (Å²) in [6.45, 7) is 4.73. The number of hydrogen-bond acceptors (Lipinski definition) is 3. The number of benzene rings is 1. The predicted molar refractivity (Wildman–Crippen MR) is 87.7 cm³/mol. The Morgan fingerprint density at radius 1 is 1.10 bits per heavy atom. The minimum Gasteiger partial charge on any atom is -0.370 e. The van der Waals surface area contributed by atoms with Crippen LogP contribution in [0.4, 0.5) is 5.82 Å². The van der Waals surface area contributed by atoms with E-state index in [1.54, 1.807) is 0 Å². The van der Waals surface area contributed by atoms with E-state index in [-0.39, 0.29) is 0 Å². The summed E-state index contributed by atoms with van der Waals surface area (Å²) in [5.74, 6) is 0.946. The minimum absolute atomic E-state index is 0.843. The molecule has 2 aromatic rings. The Morgan fingerprint density at radius 3 is 2.55 bits per heavy atom. The van der Waals surface area contributed by atoms with E-state index in [2.05, 4.69) is 75.4 Å². The summed E-state index contributed by atoms with van der Waals surface area (Å²) in [5.41, 5.74) is 2.39. The first-order valence-corrected chi connectivity index (χ1v) is 7.59. The molecule has 0 fully saturated rings. The third-order valence-electron chi connectivity index (χ3n) is 2.96. The molecular formula is C16H20BrN3. The first-order valence-electron chi connectivity index (χ1n) is 6.80. The summed E-state index contributed by atoms with van der Waals surface area (Å²) < 4.78 is 1.11. The molecule has 0 bridgehead atoms. The summed E-state index contributed by atoms with van der Waals surface area (Å²) in [6, 6.07) is 14.6. The fourth-order valence-electron chi connectivity index (χ4n) is 2.08. The van der Waals surface area contributed by atoms with Gasteiger partial charge in [0.25, 0.3) is 0 Å². The van der Waals surface area contributed by atoms with Crippen LogP contribution in [-0.4, -0.2) is 23.5 Å². The maximum atomic E-state index is 4.60. The lowest BCUT2D eigenvalue weighted by Crippen LogP contribution is -2.18. The number of nitrogens with one attached hydrogen (secondary N) is 1. The molecule has 2 rings (SSSR count). The van der Waals surface area contributed by atoms with E-state index >= 15 is 0 Å². The maximum Gasteiger partial charge on any atom is 0.126 e. The molecule has 0 spiro atoms. The van der Waals surface area contributed by atoms with Crippen LogP contribution in [0, 0.1) is 0 Å². The van der Waals surface area contributed by atoms with Gasteiger partial charge in [0.15, 0.2) is 0 Å². The van der Waals surface area contributed by atoms with Crippen LogP contribution in [0.25, 0.3) is 0 Å². The van der Waals surface area contributed by atoms with Gasteiger partial charge in [0.05, 0.1) is 5.69 Å². The number of hydrogen-bond donors (Lipinski definition) is 1. The van der Waals surface area contributed by atoms with Crippen LogP contribution in [-0.2, 0) is 13.1 Å². The molecule has 20 heavy (non-hydrogen) atoms. The SMILES string of the molecule is CCNc1cccc(CN(C)Cc2ccc(Br)cc2)n1. The van der Waals surface area contributed by atoms with Crippen molar-refractivity contribution >= 4 is 21.7 Å². The summed E-state index contributed by atoms with van der Waals surface area (Å²) in [5, 5.41) is 3.24. The summed E-state index contributed by atoms with van der Waals surface area (Å²) in [7, 11) is 2.11. The van der Waals surface area contributed by atoms with E-state index in [0.29, 0.717) is 0 Å². The normalized spacial score (nSPS) is 10.8. The molecule has 4 heteroatoms. The standard InChI is InChI=1S/C16H20BrN3/c1-3-18-16-6-4-5-15(19-16)12-20(2)11-13-7-9-14(17)10-8-13/h4-10H,3,11-12H2,1-2H3,(H,18,19). The third kappa shape index (κ3) is 4.62. The lowest BCUT2D eigenvalue weighted by atomic mass is 10.2. The van der Waals surface area contributed by atoms with Gasteiger partial charge in [-0.25, -0.2) is 4.98 Å². The molecule has 1 heterocycles. The molecule has 0 amide bonds. The molecule has 0 aliphatic heterocycles. The number of nitrogens with zero attached hydrogens (tertiary/aromatic N) is 2. The average Bonchev–Trinajstić information content (AvgIpc) is 2.42. The first-order chi connectivity index (χ1) is 9.67. The van der Waals surface area contributed by atoms with Gasteiger partial charge >= 0.3 is 0 Å². The van der Waals surface area contributed by atoms with Crippen molar-refractivity contribution in [3.63, 3.8) is 0 Å². The van der Waals surface area contributed by atoms with Crippen molar-refractivity contribution < 1.29 is 0 Å². The quantitative estimate of drug-likeness (QED) is 0.868. The Labute approximate surface area is 129 Å². The summed E-state index contributed by atoms with van der Waals surface area (Å²) in [6.07, 6.45) is 0. The third-order valence-corrected chi connectivity index (χ3v) is 3.49. The highest BCUT2D eigenvalue weighted by atomic mass is 79.9. The van der Waals surface area contributed by atoms with E-state index in [0.717, 1.165) is 35.6 Å². The van der Waals surface area contributed by atoms with Gasteiger partial charge in [-0.15, -0.1) is 0 Å². The van der Waals surface area contributed by atoms with Gasteiger partial charge in [-0.2, -0.15) is 0 Å². The van der Waals surface area contributed by atoms with Crippen molar-refractivity contribution in [3.05, 3.63) is 58.2 Å². The molecule has 1 N–H and O–H groups in total. The molecule has 0 aliphatic rings. The van der Waals surface area contributed by atoms with Gasteiger partial charge in [-0.1, -0.05) is 34.1 Å². The molecular weight excluding hydrogens is 314 g/mol. The number of halogens is 1. The Kier molecular flexibility index (Phi) is 5.56. The van der Waals surface area contributed by atoms with Crippen molar-refractivity contribution in [2.75, 3.05) is 18.9 Å². The fraction of sp³-hybridized carbons (Fsp3) is 0.312. The van der Waals surface area contributed by atoms with Crippen molar-refractivity contribution in [2.24, 2.45) is 0 Å². The van der Waals surface area contributed by atoms with Crippen LogP contribution in [0.3, 0.4) is 0 Å². The maximum absolute atomic E-state index is 4.60. The molecule has 1 aromatic carbocycles. The van der Waals surface area contributed by atoms with Gasteiger partial charge in [0.1, 0.15) is 5.82 Å². The second kappa shape index (κ2) is 7.41. The zero-order valence-electron chi connectivity index (χ0n) is 11.9. The lowest BCUT2D eigenvalue weighted by Gasteiger charge is -2.17. The lowest BCUT2D eigenvalue weighted by molar-refractivity contribution is 0.315. The molecule has 0 atom stereocenters. The highest BCUT2D eigenvalue weighted by Crippen LogP contribution is 2.13. The van der Waals surface area contributed by atoms with Crippen molar-refractivity contribution in [3.8, 4) is 0 Å². The van der Waals surface area contributed by atoms with Crippen molar-refractivity contribution in [1.82, 2.24) is 9.88 Å². The Morgan fingerprint density at radius 2 is 1.85 bits per heavy atom. The number of anilines is 1.